The first-order chi connectivity index (χ1) is 22.7. The van der Waals surface area contributed by atoms with Crippen LogP contribution in [0.5, 0.6) is 0 Å². The summed E-state index contributed by atoms with van der Waals surface area (Å²) in [5.74, 6) is -5.42. The van der Waals surface area contributed by atoms with Crippen molar-refractivity contribution in [3.8, 4) is 0 Å². The maximum absolute atomic E-state index is 14.7. The molecule has 4 aromatic carbocycles. The number of carboxylic acids is 1. The van der Waals surface area contributed by atoms with Gasteiger partial charge in [-0.15, -0.1) is 0 Å². The summed E-state index contributed by atoms with van der Waals surface area (Å²) in [7, 11) is 0. The summed E-state index contributed by atoms with van der Waals surface area (Å²) in [5, 5.41) is 9.53. The van der Waals surface area contributed by atoms with Crippen molar-refractivity contribution in [3.63, 3.8) is 0 Å². The lowest BCUT2D eigenvalue weighted by Crippen LogP contribution is -2.54. The third-order valence-electron chi connectivity index (χ3n) is 8.21. The number of halogens is 9. The van der Waals surface area contributed by atoms with Crippen LogP contribution in [0, 0.1) is 6.92 Å². The highest BCUT2D eigenvalue weighted by Crippen LogP contribution is 2.56. The number of ketones is 2. The van der Waals surface area contributed by atoms with Crippen LogP contribution in [0.25, 0.3) is 0 Å². The Labute approximate surface area is 274 Å². The lowest BCUT2D eigenvalue weighted by molar-refractivity contribution is -0.288. The van der Waals surface area contributed by atoms with Gasteiger partial charge in [-0.2, -0.15) is 39.5 Å². The number of rotatable bonds is 10. The Hall–Kier alpha value is -4.94. The lowest BCUT2D eigenvalue weighted by Gasteiger charge is -2.38. The van der Waals surface area contributed by atoms with E-state index in [9.17, 15) is 59.0 Å². The number of carboxylic acid groups (broad SMARTS) is 1. The molecule has 4 rings (SSSR count). The van der Waals surface area contributed by atoms with E-state index in [2.05, 4.69) is 0 Å². The van der Waals surface area contributed by atoms with Crippen LogP contribution in [0.15, 0.2) is 91.0 Å². The van der Waals surface area contributed by atoms with Gasteiger partial charge in [-0.25, -0.2) is 4.79 Å². The highest BCUT2D eigenvalue weighted by molar-refractivity contribution is 6.06. The van der Waals surface area contributed by atoms with Crippen LogP contribution in [0.1, 0.15) is 83.7 Å². The Morgan fingerprint density at radius 3 is 1.57 bits per heavy atom. The Morgan fingerprint density at radius 1 is 0.633 bits per heavy atom. The van der Waals surface area contributed by atoms with E-state index in [0.717, 1.165) is 17.7 Å². The average molecular weight is 695 g/mol. The minimum Gasteiger partial charge on any atom is -0.478 e. The summed E-state index contributed by atoms with van der Waals surface area (Å²) in [6, 6.07) is 14.3. The molecule has 0 saturated carbocycles. The number of hydrogen-bond donors (Lipinski definition) is 1. The molecule has 0 heterocycles. The summed E-state index contributed by atoms with van der Waals surface area (Å²) in [6.45, 7) is 3.06. The van der Waals surface area contributed by atoms with Crippen molar-refractivity contribution in [3.05, 3.63) is 141 Å². The van der Waals surface area contributed by atoms with Gasteiger partial charge in [0, 0.05) is 24.0 Å². The monoisotopic (exact) mass is 694 g/mol. The second-order valence-electron chi connectivity index (χ2n) is 11.4. The van der Waals surface area contributed by atoms with Gasteiger partial charge in [0.05, 0.1) is 5.56 Å². The molecule has 0 aliphatic heterocycles. The molecular weight excluding hydrogens is 667 g/mol. The van der Waals surface area contributed by atoms with Crippen LogP contribution in [0.4, 0.5) is 39.5 Å². The Morgan fingerprint density at radius 2 is 1.12 bits per heavy atom. The van der Waals surface area contributed by atoms with Gasteiger partial charge in [0.1, 0.15) is 5.92 Å². The fourth-order valence-electron chi connectivity index (χ4n) is 5.72. The summed E-state index contributed by atoms with van der Waals surface area (Å²) >= 11 is 0. The summed E-state index contributed by atoms with van der Waals surface area (Å²) < 4.78 is 130. The normalized spacial score (nSPS) is 13.2. The van der Waals surface area contributed by atoms with Crippen LogP contribution in [0.3, 0.4) is 0 Å². The first-order valence-corrected chi connectivity index (χ1v) is 14.6. The number of carbonyl (C=O) groups is 3. The van der Waals surface area contributed by atoms with Crippen LogP contribution in [-0.2, 0) is 11.8 Å². The van der Waals surface area contributed by atoms with Gasteiger partial charge in [-0.1, -0.05) is 97.4 Å². The molecule has 0 saturated heterocycles. The van der Waals surface area contributed by atoms with E-state index in [1.165, 1.54) is 43.3 Å². The van der Waals surface area contributed by atoms with E-state index in [0.29, 0.717) is 24.3 Å². The average Bonchev–Trinajstić information content (AvgIpc) is 3.01. The van der Waals surface area contributed by atoms with Crippen LogP contribution in [0.2, 0.25) is 0 Å². The molecular formula is C36H27F9O4. The summed E-state index contributed by atoms with van der Waals surface area (Å²) in [6.07, 6.45) is -17.5. The number of hydrogen-bond acceptors (Lipinski definition) is 3. The zero-order chi connectivity index (χ0) is 36.5. The fraction of sp³-hybridized carbons (Fsp3) is 0.250. The lowest BCUT2D eigenvalue weighted by atomic mass is 9.72. The van der Waals surface area contributed by atoms with Crippen molar-refractivity contribution in [1.82, 2.24) is 0 Å². The molecule has 4 aromatic rings. The molecule has 0 radical (unpaired) electrons. The third-order valence-corrected chi connectivity index (χ3v) is 8.21. The van der Waals surface area contributed by atoms with E-state index < -0.39 is 76.1 Å². The molecule has 13 heteroatoms. The van der Waals surface area contributed by atoms with E-state index in [1.54, 1.807) is 19.1 Å². The van der Waals surface area contributed by atoms with E-state index in [4.69, 9.17) is 0 Å². The molecule has 258 valence electrons. The number of aryl methyl sites for hydroxylation is 1. The quantitative estimate of drug-likeness (QED) is 0.133. The largest absolute Gasteiger partial charge is 0.478 e. The van der Waals surface area contributed by atoms with Crippen molar-refractivity contribution in [2.24, 2.45) is 0 Å². The zero-order valence-corrected chi connectivity index (χ0v) is 25.7. The predicted molar refractivity (Wildman–Crippen MR) is 161 cm³/mol. The number of Topliss-reactive ketones (excluding diaryl/α,β-unsaturated/α-hetero) is 2. The molecule has 0 spiro atoms. The molecule has 1 N–H and O–H groups in total. The number of aromatic carboxylic acids is 1. The summed E-state index contributed by atoms with van der Waals surface area (Å²) in [5.41, 5.74) is -8.60. The smallest absolute Gasteiger partial charge is 0.411 e. The van der Waals surface area contributed by atoms with Crippen LogP contribution in [-0.4, -0.2) is 41.2 Å². The van der Waals surface area contributed by atoms with Gasteiger partial charge in [0.15, 0.2) is 11.6 Å². The Kier molecular flexibility index (Phi) is 10.2. The predicted octanol–water partition coefficient (Wildman–Crippen LogP) is 9.82. The maximum atomic E-state index is 14.7. The minimum absolute atomic E-state index is 0.000353. The van der Waals surface area contributed by atoms with Gasteiger partial charge in [-0.05, 0) is 40.8 Å². The molecule has 1 unspecified atom stereocenters. The standard InChI is InChI=1S/C36H27F9O4/c1-3-29(46)27-17-16-26(19-28(27)32(48)49)33(35(40,41)42,36(43,44)45)25-14-12-22(13-15-25)30(47)18-21-6-10-24(11-7-21)31(34(37,38)39)23-8-4-20(2)5-9-23/h4-17,19,31H,3,18H2,1-2H3,(H,48,49). The molecule has 0 bridgehead atoms. The molecule has 0 aromatic heterocycles. The molecule has 1 atom stereocenters. The first kappa shape index (κ1) is 36.9. The van der Waals surface area contributed by atoms with E-state index in [-0.39, 0.29) is 34.7 Å². The maximum Gasteiger partial charge on any atom is 0.411 e. The second-order valence-corrected chi connectivity index (χ2v) is 11.4. The fourth-order valence-corrected chi connectivity index (χ4v) is 5.72. The van der Waals surface area contributed by atoms with Gasteiger partial charge in [0.2, 0.25) is 5.41 Å². The Bertz CT molecular complexity index is 1820. The van der Waals surface area contributed by atoms with Crippen LogP contribution < -0.4 is 0 Å². The Balaban J connectivity index is 1.69. The number of alkyl halides is 9. The molecule has 0 fully saturated rings. The highest BCUT2D eigenvalue weighted by atomic mass is 19.4. The minimum atomic E-state index is -6.07. The molecule has 0 amide bonds. The SMILES string of the molecule is CCC(=O)c1ccc(C(c2ccc(C(=O)Cc3ccc(C(c4ccc(C)cc4)C(F)(F)F)cc3)cc2)(C(F)(F)F)C(F)(F)F)cc1C(=O)O. The van der Waals surface area contributed by atoms with Gasteiger partial charge < -0.3 is 5.11 Å². The zero-order valence-electron chi connectivity index (χ0n) is 25.7. The van der Waals surface area contributed by atoms with E-state index in [1.807, 2.05) is 0 Å². The second kappa shape index (κ2) is 13.5. The number of benzene rings is 4. The topological polar surface area (TPSA) is 71.4 Å². The van der Waals surface area contributed by atoms with Gasteiger partial charge >= 0.3 is 24.5 Å². The highest BCUT2D eigenvalue weighted by Gasteiger charge is 2.72. The third kappa shape index (κ3) is 7.25. The van der Waals surface area contributed by atoms with Crippen molar-refractivity contribution in [1.29, 1.82) is 0 Å². The molecule has 0 aliphatic carbocycles. The summed E-state index contributed by atoms with van der Waals surface area (Å²) in [4.78, 5) is 37.0. The van der Waals surface area contributed by atoms with Gasteiger partial charge in [-0.3, -0.25) is 9.59 Å². The van der Waals surface area contributed by atoms with Crippen molar-refractivity contribution in [2.75, 3.05) is 0 Å². The van der Waals surface area contributed by atoms with Crippen molar-refractivity contribution >= 4 is 17.5 Å². The first-order valence-electron chi connectivity index (χ1n) is 14.6. The van der Waals surface area contributed by atoms with Crippen LogP contribution >= 0.6 is 0 Å². The van der Waals surface area contributed by atoms with Crippen molar-refractivity contribution in [2.45, 2.75) is 56.6 Å². The molecule has 4 nitrogen and oxygen atoms in total. The molecule has 49 heavy (non-hydrogen) atoms. The van der Waals surface area contributed by atoms with Gasteiger partial charge in [0.25, 0.3) is 0 Å². The molecule has 0 aliphatic rings. The van der Waals surface area contributed by atoms with Crippen molar-refractivity contribution < 1.29 is 59.0 Å². The van der Waals surface area contributed by atoms with E-state index >= 15 is 0 Å². The number of carbonyl (C=O) groups excluding carboxylic acids is 2.